The summed E-state index contributed by atoms with van der Waals surface area (Å²) >= 11 is 0.716. The molecule has 0 radical (unpaired) electrons. The molecule has 1 heterocycles. The Bertz CT molecular complexity index is 549. The summed E-state index contributed by atoms with van der Waals surface area (Å²) in [5, 5.41) is 4.23. The fourth-order valence-corrected chi connectivity index (χ4v) is 2.01. The van der Waals surface area contributed by atoms with Crippen molar-refractivity contribution in [3.8, 4) is 0 Å². The van der Waals surface area contributed by atoms with E-state index in [0.717, 1.165) is 11.6 Å². The van der Waals surface area contributed by atoms with Crippen molar-refractivity contribution in [2.24, 2.45) is 0 Å². The van der Waals surface area contributed by atoms with Gasteiger partial charge in [0, 0.05) is 11.8 Å². The van der Waals surface area contributed by atoms with Crippen molar-refractivity contribution in [3.63, 3.8) is 0 Å². The van der Waals surface area contributed by atoms with E-state index in [1.165, 1.54) is 0 Å². The minimum atomic E-state index is -0.538. The van der Waals surface area contributed by atoms with Gasteiger partial charge in [-0.05, 0) is 30.8 Å². The molecular weight excluding hydrogens is 252 g/mol. The van der Waals surface area contributed by atoms with E-state index in [4.69, 9.17) is 0 Å². The normalized spacial score (nSPS) is 16.8. The lowest BCUT2D eigenvalue weighted by atomic mass is 10.2. The van der Waals surface area contributed by atoms with Crippen molar-refractivity contribution >= 4 is 34.5 Å². The van der Waals surface area contributed by atoms with E-state index in [1.54, 1.807) is 12.1 Å². The number of rotatable bonds is 2. The van der Waals surface area contributed by atoms with Crippen LogP contribution in [-0.4, -0.2) is 17.1 Å². The average molecular weight is 262 g/mol. The van der Waals surface area contributed by atoms with Gasteiger partial charge in [0.2, 0.25) is 5.91 Å². The second-order valence-corrected chi connectivity index (χ2v) is 4.72. The minimum Gasteiger partial charge on any atom is -0.322 e. The summed E-state index contributed by atoms with van der Waals surface area (Å²) in [7, 11) is 0. The second-order valence-electron chi connectivity index (χ2n) is 3.71. The number of nitrogens with one attached hydrogen (secondary N) is 2. The Kier molecular flexibility index (Phi) is 3.47. The highest BCUT2D eigenvalue weighted by molar-refractivity contribution is 8.18. The average Bonchev–Trinajstić information content (AvgIpc) is 2.61. The van der Waals surface area contributed by atoms with Crippen molar-refractivity contribution in [2.75, 3.05) is 5.32 Å². The molecule has 0 spiro atoms. The first kappa shape index (κ1) is 12.4. The molecule has 1 aliphatic heterocycles. The highest BCUT2D eigenvalue weighted by Gasteiger charge is 2.25. The third kappa shape index (κ3) is 2.98. The number of hydrogen-bond acceptors (Lipinski definition) is 4. The van der Waals surface area contributed by atoms with E-state index >= 15 is 0 Å². The zero-order valence-electron chi connectivity index (χ0n) is 9.52. The summed E-state index contributed by atoms with van der Waals surface area (Å²) in [6.07, 6.45) is 1.12. The summed E-state index contributed by atoms with van der Waals surface area (Å²) in [6.45, 7) is 1.94. The molecule has 3 amide bonds. The van der Waals surface area contributed by atoms with Gasteiger partial charge >= 0.3 is 0 Å². The van der Waals surface area contributed by atoms with Crippen molar-refractivity contribution in [1.29, 1.82) is 0 Å². The van der Waals surface area contributed by atoms with Crippen LogP contribution < -0.4 is 10.6 Å². The van der Waals surface area contributed by atoms with Gasteiger partial charge in [-0.2, -0.15) is 0 Å². The maximum Gasteiger partial charge on any atom is 0.290 e. The van der Waals surface area contributed by atoms with Gasteiger partial charge in [-0.3, -0.25) is 19.7 Å². The van der Waals surface area contributed by atoms with Crippen LogP contribution in [0.3, 0.4) is 0 Å². The molecule has 5 nitrogen and oxygen atoms in total. The molecule has 2 N–H and O–H groups in total. The molecule has 1 aromatic carbocycles. The van der Waals surface area contributed by atoms with E-state index in [2.05, 4.69) is 10.6 Å². The highest BCUT2D eigenvalue weighted by Crippen LogP contribution is 2.22. The Morgan fingerprint density at radius 2 is 1.94 bits per heavy atom. The molecule has 1 fully saturated rings. The number of benzene rings is 1. The SMILES string of the molecule is Cc1ccc(NC(=O)/C=C2\SC(=O)NC2=O)cc1. The quantitative estimate of drug-likeness (QED) is 0.797. The lowest BCUT2D eigenvalue weighted by Crippen LogP contribution is -2.18. The fourth-order valence-electron chi connectivity index (χ4n) is 1.36. The van der Waals surface area contributed by atoms with Gasteiger partial charge in [0.25, 0.3) is 11.1 Å². The number of carbonyl (C=O) groups is 3. The first-order valence-corrected chi connectivity index (χ1v) is 5.99. The number of amides is 3. The molecule has 0 aliphatic carbocycles. The maximum atomic E-state index is 11.6. The molecule has 92 valence electrons. The van der Waals surface area contributed by atoms with Crippen LogP contribution in [0.15, 0.2) is 35.2 Å². The van der Waals surface area contributed by atoms with Crippen molar-refractivity contribution < 1.29 is 14.4 Å². The van der Waals surface area contributed by atoms with Crippen LogP contribution in [0, 0.1) is 6.92 Å². The summed E-state index contributed by atoms with van der Waals surface area (Å²) < 4.78 is 0. The Labute approximate surface area is 108 Å². The molecule has 1 aromatic rings. The van der Waals surface area contributed by atoms with E-state index in [0.29, 0.717) is 17.4 Å². The second kappa shape index (κ2) is 5.05. The Balaban J connectivity index is 2.05. The molecule has 0 saturated carbocycles. The van der Waals surface area contributed by atoms with Crippen LogP contribution in [-0.2, 0) is 9.59 Å². The summed E-state index contributed by atoms with van der Waals surface area (Å²) in [5.74, 6) is -0.977. The number of aryl methyl sites for hydroxylation is 1. The van der Waals surface area contributed by atoms with E-state index in [1.807, 2.05) is 19.1 Å². The minimum absolute atomic E-state index is 0.101. The van der Waals surface area contributed by atoms with Gasteiger partial charge in [-0.25, -0.2) is 0 Å². The molecule has 18 heavy (non-hydrogen) atoms. The largest absolute Gasteiger partial charge is 0.322 e. The first-order valence-electron chi connectivity index (χ1n) is 5.17. The Morgan fingerprint density at radius 1 is 1.28 bits per heavy atom. The van der Waals surface area contributed by atoms with E-state index < -0.39 is 17.1 Å². The predicted molar refractivity (Wildman–Crippen MR) is 69.0 cm³/mol. The van der Waals surface area contributed by atoms with Crippen molar-refractivity contribution in [3.05, 3.63) is 40.8 Å². The van der Waals surface area contributed by atoms with Crippen LogP contribution in [0.5, 0.6) is 0 Å². The van der Waals surface area contributed by atoms with E-state index in [-0.39, 0.29) is 4.91 Å². The summed E-state index contributed by atoms with van der Waals surface area (Å²) in [5.41, 5.74) is 1.72. The maximum absolute atomic E-state index is 11.6. The fraction of sp³-hybridized carbons (Fsp3) is 0.0833. The first-order chi connectivity index (χ1) is 8.54. The van der Waals surface area contributed by atoms with Gasteiger partial charge < -0.3 is 5.32 Å². The smallest absolute Gasteiger partial charge is 0.290 e. The molecule has 6 heteroatoms. The van der Waals surface area contributed by atoms with Crippen molar-refractivity contribution in [1.82, 2.24) is 5.32 Å². The number of thioether (sulfide) groups is 1. The molecule has 0 bridgehead atoms. The van der Waals surface area contributed by atoms with E-state index in [9.17, 15) is 14.4 Å². The molecule has 0 atom stereocenters. The molecule has 1 aliphatic rings. The number of carbonyl (C=O) groups excluding carboxylic acids is 3. The Hall–Kier alpha value is -2.08. The van der Waals surface area contributed by atoms with Crippen molar-refractivity contribution in [2.45, 2.75) is 6.92 Å². The molecular formula is C12H10N2O3S. The third-order valence-electron chi connectivity index (χ3n) is 2.22. The molecule has 0 aromatic heterocycles. The monoisotopic (exact) mass is 262 g/mol. The molecule has 1 saturated heterocycles. The van der Waals surface area contributed by atoms with Gasteiger partial charge in [-0.1, -0.05) is 17.7 Å². The third-order valence-corrected chi connectivity index (χ3v) is 3.03. The standard InChI is InChI=1S/C12H10N2O3S/c1-7-2-4-8(5-3-7)13-10(15)6-9-11(16)14-12(17)18-9/h2-6H,1H3,(H,13,15)(H,14,16,17)/b9-6-. The topological polar surface area (TPSA) is 75.3 Å². The lowest BCUT2D eigenvalue weighted by molar-refractivity contribution is -0.116. The Morgan fingerprint density at radius 3 is 2.50 bits per heavy atom. The van der Waals surface area contributed by atoms with Crippen LogP contribution in [0.4, 0.5) is 10.5 Å². The zero-order valence-corrected chi connectivity index (χ0v) is 10.3. The van der Waals surface area contributed by atoms with Gasteiger partial charge in [0.15, 0.2) is 0 Å². The van der Waals surface area contributed by atoms with Crippen LogP contribution in [0.25, 0.3) is 0 Å². The predicted octanol–water partition coefficient (Wildman–Crippen LogP) is 1.80. The van der Waals surface area contributed by atoms with Crippen LogP contribution in [0.1, 0.15) is 5.56 Å². The number of hydrogen-bond donors (Lipinski definition) is 2. The molecule has 0 unspecified atom stereocenters. The van der Waals surface area contributed by atoms with Crippen LogP contribution in [0.2, 0.25) is 0 Å². The van der Waals surface area contributed by atoms with Gasteiger partial charge in [0.05, 0.1) is 4.91 Å². The summed E-state index contributed by atoms with van der Waals surface area (Å²) in [6, 6.07) is 7.25. The summed E-state index contributed by atoms with van der Waals surface area (Å²) in [4.78, 5) is 33.8. The molecule has 2 rings (SSSR count). The lowest BCUT2D eigenvalue weighted by Gasteiger charge is -2.02. The van der Waals surface area contributed by atoms with Gasteiger partial charge in [0.1, 0.15) is 0 Å². The number of imide groups is 1. The van der Waals surface area contributed by atoms with Gasteiger partial charge in [-0.15, -0.1) is 0 Å². The highest BCUT2D eigenvalue weighted by atomic mass is 32.2. The van der Waals surface area contributed by atoms with Crippen LogP contribution >= 0.6 is 11.8 Å². The number of anilines is 1. The zero-order chi connectivity index (χ0) is 13.1.